The summed E-state index contributed by atoms with van der Waals surface area (Å²) >= 11 is 0. The Bertz CT molecular complexity index is 824. The van der Waals surface area contributed by atoms with Crippen molar-refractivity contribution in [3.8, 4) is 22.3 Å². The highest BCUT2D eigenvalue weighted by Gasteiger charge is 2.26. The number of hydrogen-bond donors (Lipinski definition) is 0. The standard InChI is InChI=1S/C21H20/c1-4-21(2,3)19-13-12-17-15-9-6-5-8-14(15)16-10-7-11-18(19)20(16)17/h5-13H,4H2,1-3H3. The second-order valence-electron chi connectivity index (χ2n) is 6.67. The summed E-state index contributed by atoms with van der Waals surface area (Å²) in [5.74, 6) is 0. The fourth-order valence-corrected chi connectivity index (χ4v) is 3.59. The minimum Gasteiger partial charge on any atom is -0.0646 e. The van der Waals surface area contributed by atoms with Crippen LogP contribution in [0.1, 0.15) is 32.8 Å². The molecular formula is C21H20. The van der Waals surface area contributed by atoms with E-state index in [4.69, 9.17) is 0 Å². The molecule has 1 aliphatic carbocycles. The third kappa shape index (κ3) is 1.62. The molecule has 0 unspecified atom stereocenters. The van der Waals surface area contributed by atoms with E-state index in [1.165, 1.54) is 38.6 Å². The van der Waals surface area contributed by atoms with Gasteiger partial charge in [-0.25, -0.2) is 0 Å². The van der Waals surface area contributed by atoms with Crippen molar-refractivity contribution in [1.29, 1.82) is 0 Å². The number of benzene rings is 3. The fraction of sp³-hybridized carbons (Fsp3) is 0.238. The minimum absolute atomic E-state index is 0.214. The average Bonchev–Trinajstić information content (AvgIpc) is 2.84. The highest BCUT2D eigenvalue weighted by molar-refractivity contribution is 6.16. The minimum atomic E-state index is 0.214. The van der Waals surface area contributed by atoms with Crippen LogP contribution in [0.3, 0.4) is 0 Å². The van der Waals surface area contributed by atoms with Crippen LogP contribution in [0, 0.1) is 0 Å². The molecule has 4 rings (SSSR count). The largest absolute Gasteiger partial charge is 0.0646 e. The number of rotatable bonds is 2. The molecule has 0 spiro atoms. The Hall–Kier alpha value is -2.08. The Morgan fingerprint density at radius 3 is 2.00 bits per heavy atom. The van der Waals surface area contributed by atoms with Crippen molar-refractivity contribution in [2.75, 3.05) is 0 Å². The van der Waals surface area contributed by atoms with E-state index >= 15 is 0 Å². The maximum atomic E-state index is 2.35. The average molecular weight is 272 g/mol. The smallest absolute Gasteiger partial charge is 0.00234 e. The SMILES string of the molecule is CCC(C)(C)c1ccc2c3c(cccc13)-c1ccccc1-2. The third-order valence-electron chi connectivity index (χ3n) is 5.16. The first-order valence-corrected chi connectivity index (χ1v) is 7.79. The van der Waals surface area contributed by atoms with E-state index in [1.807, 2.05) is 0 Å². The van der Waals surface area contributed by atoms with Gasteiger partial charge >= 0.3 is 0 Å². The summed E-state index contributed by atoms with van der Waals surface area (Å²) in [6.45, 7) is 6.97. The lowest BCUT2D eigenvalue weighted by Crippen LogP contribution is -2.15. The Labute approximate surface area is 126 Å². The predicted molar refractivity (Wildman–Crippen MR) is 91.7 cm³/mol. The van der Waals surface area contributed by atoms with Gasteiger partial charge in [0.25, 0.3) is 0 Å². The monoisotopic (exact) mass is 272 g/mol. The van der Waals surface area contributed by atoms with Crippen LogP contribution in [-0.2, 0) is 5.41 Å². The molecule has 0 heterocycles. The van der Waals surface area contributed by atoms with E-state index in [0.717, 1.165) is 6.42 Å². The summed E-state index contributed by atoms with van der Waals surface area (Å²) in [7, 11) is 0. The first kappa shape index (κ1) is 12.6. The highest BCUT2D eigenvalue weighted by Crippen LogP contribution is 2.49. The number of hydrogen-bond acceptors (Lipinski definition) is 0. The summed E-state index contributed by atoms with van der Waals surface area (Å²) in [5.41, 5.74) is 7.23. The molecule has 3 aromatic carbocycles. The van der Waals surface area contributed by atoms with Crippen LogP contribution in [0.5, 0.6) is 0 Å². The van der Waals surface area contributed by atoms with Gasteiger partial charge in [-0.15, -0.1) is 0 Å². The van der Waals surface area contributed by atoms with E-state index in [9.17, 15) is 0 Å². The zero-order valence-electron chi connectivity index (χ0n) is 12.9. The summed E-state index contributed by atoms with van der Waals surface area (Å²) in [6.07, 6.45) is 1.15. The van der Waals surface area contributed by atoms with Crippen LogP contribution in [-0.4, -0.2) is 0 Å². The van der Waals surface area contributed by atoms with Gasteiger partial charge in [0.1, 0.15) is 0 Å². The third-order valence-corrected chi connectivity index (χ3v) is 5.16. The van der Waals surface area contributed by atoms with Gasteiger partial charge in [-0.2, -0.15) is 0 Å². The molecule has 0 atom stereocenters. The Kier molecular flexibility index (Phi) is 2.53. The molecule has 0 aliphatic heterocycles. The molecule has 0 N–H and O–H groups in total. The summed E-state index contributed by atoms with van der Waals surface area (Å²) in [4.78, 5) is 0. The lowest BCUT2D eigenvalue weighted by molar-refractivity contribution is 0.511. The van der Waals surface area contributed by atoms with Gasteiger partial charge in [0.2, 0.25) is 0 Å². The number of fused-ring (bicyclic) bond motifs is 3. The van der Waals surface area contributed by atoms with Gasteiger partial charge in [0, 0.05) is 0 Å². The molecule has 0 amide bonds. The lowest BCUT2D eigenvalue weighted by atomic mass is 9.79. The van der Waals surface area contributed by atoms with E-state index in [1.54, 1.807) is 0 Å². The molecular weight excluding hydrogens is 252 g/mol. The van der Waals surface area contributed by atoms with E-state index < -0.39 is 0 Å². The van der Waals surface area contributed by atoms with Crippen molar-refractivity contribution in [2.45, 2.75) is 32.6 Å². The molecule has 0 radical (unpaired) electrons. The molecule has 0 nitrogen and oxygen atoms in total. The molecule has 0 heteroatoms. The first-order chi connectivity index (χ1) is 10.1. The summed E-state index contributed by atoms with van der Waals surface area (Å²) in [6, 6.07) is 20.2. The maximum absolute atomic E-state index is 2.35. The maximum Gasteiger partial charge on any atom is -0.00234 e. The molecule has 0 bridgehead atoms. The van der Waals surface area contributed by atoms with E-state index in [0.29, 0.717) is 0 Å². The first-order valence-electron chi connectivity index (χ1n) is 7.79. The lowest BCUT2D eigenvalue weighted by Gasteiger charge is -2.25. The van der Waals surface area contributed by atoms with Crippen molar-refractivity contribution >= 4 is 10.8 Å². The van der Waals surface area contributed by atoms with Crippen molar-refractivity contribution < 1.29 is 0 Å². The predicted octanol–water partition coefficient (Wildman–Crippen LogP) is 6.17. The van der Waals surface area contributed by atoms with Crippen LogP contribution < -0.4 is 0 Å². The van der Waals surface area contributed by atoms with Gasteiger partial charge in [0.05, 0.1) is 0 Å². The molecule has 0 saturated heterocycles. The molecule has 0 fully saturated rings. The van der Waals surface area contributed by atoms with Gasteiger partial charge < -0.3 is 0 Å². The Morgan fingerprint density at radius 1 is 0.714 bits per heavy atom. The normalized spacial score (nSPS) is 12.7. The van der Waals surface area contributed by atoms with Crippen molar-refractivity contribution in [1.82, 2.24) is 0 Å². The topological polar surface area (TPSA) is 0 Å². The van der Waals surface area contributed by atoms with E-state index in [-0.39, 0.29) is 5.41 Å². The van der Waals surface area contributed by atoms with Crippen LogP contribution in [0.4, 0.5) is 0 Å². The molecule has 104 valence electrons. The van der Waals surface area contributed by atoms with Gasteiger partial charge in [-0.3, -0.25) is 0 Å². The van der Waals surface area contributed by atoms with Crippen molar-refractivity contribution in [3.63, 3.8) is 0 Å². The second-order valence-corrected chi connectivity index (χ2v) is 6.67. The van der Waals surface area contributed by atoms with Gasteiger partial charge in [-0.1, -0.05) is 75.4 Å². The summed E-state index contributed by atoms with van der Waals surface area (Å²) < 4.78 is 0. The van der Waals surface area contributed by atoms with Crippen molar-refractivity contribution in [2.24, 2.45) is 0 Å². The molecule has 1 aliphatic rings. The van der Waals surface area contributed by atoms with Gasteiger partial charge in [0.15, 0.2) is 0 Å². The van der Waals surface area contributed by atoms with Crippen LogP contribution in [0.25, 0.3) is 33.0 Å². The molecule has 0 saturated carbocycles. The van der Waals surface area contributed by atoms with Crippen molar-refractivity contribution in [3.05, 3.63) is 60.2 Å². The molecule has 21 heavy (non-hydrogen) atoms. The second kappa shape index (κ2) is 4.21. The Balaban J connectivity index is 2.14. The van der Waals surface area contributed by atoms with E-state index in [2.05, 4.69) is 75.4 Å². The molecule has 0 aromatic heterocycles. The zero-order chi connectivity index (χ0) is 14.6. The fourth-order valence-electron chi connectivity index (χ4n) is 3.59. The van der Waals surface area contributed by atoms with Crippen LogP contribution >= 0.6 is 0 Å². The zero-order valence-corrected chi connectivity index (χ0v) is 12.9. The van der Waals surface area contributed by atoms with Crippen LogP contribution in [0.15, 0.2) is 54.6 Å². The Morgan fingerprint density at radius 2 is 1.33 bits per heavy atom. The molecule has 3 aromatic rings. The quantitative estimate of drug-likeness (QED) is 0.409. The summed E-state index contributed by atoms with van der Waals surface area (Å²) in [5, 5.41) is 2.87. The van der Waals surface area contributed by atoms with Crippen LogP contribution in [0.2, 0.25) is 0 Å². The van der Waals surface area contributed by atoms with Gasteiger partial charge in [-0.05, 0) is 50.4 Å². The highest BCUT2D eigenvalue weighted by atomic mass is 14.3.